The van der Waals surface area contributed by atoms with Gasteiger partial charge in [-0.3, -0.25) is 14.5 Å². The first-order valence-corrected chi connectivity index (χ1v) is 10.6. The average molecular weight is 387 g/mol. The second-order valence-electron chi connectivity index (χ2n) is 8.17. The Kier molecular flexibility index (Phi) is 7.86. The first-order chi connectivity index (χ1) is 13.6. The molecule has 1 atom stereocenters. The maximum absolute atomic E-state index is 12.4. The Morgan fingerprint density at radius 3 is 2.54 bits per heavy atom. The summed E-state index contributed by atoms with van der Waals surface area (Å²) in [6.45, 7) is 4.99. The highest BCUT2D eigenvalue weighted by Crippen LogP contribution is 2.22. The zero-order valence-corrected chi connectivity index (χ0v) is 17.0. The fourth-order valence-electron chi connectivity index (χ4n) is 4.30. The maximum atomic E-state index is 12.4. The number of hydrogen-bond acceptors (Lipinski definition) is 4. The first-order valence-electron chi connectivity index (χ1n) is 10.6. The lowest BCUT2D eigenvalue weighted by Crippen LogP contribution is -2.42. The first kappa shape index (κ1) is 20.8. The molecule has 2 fully saturated rings. The van der Waals surface area contributed by atoms with Crippen LogP contribution in [0.15, 0.2) is 30.3 Å². The van der Waals surface area contributed by atoms with Crippen LogP contribution in [0, 0.1) is 5.92 Å². The Morgan fingerprint density at radius 2 is 1.82 bits per heavy atom. The Hall–Kier alpha value is -1.92. The molecular formula is C22H34N4O2. The van der Waals surface area contributed by atoms with Crippen molar-refractivity contribution in [3.63, 3.8) is 0 Å². The summed E-state index contributed by atoms with van der Waals surface area (Å²) in [6, 6.07) is 10.8. The van der Waals surface area contributed by atoms with Crippen molar-refractivity contribution in [2.75, 3.05) is 39.8 Å². The predicted molar refractivity (Wildman–Crippen MR) is 111 cm³/mol. The smallest absolute Gasteiger partial charge is 0.236 e. The van der Waals surface area contributed by atoms with Crippen LogP contribution in [-0.2, 0) is 16.1 Å². The molecule has 6 nitrogen and oxygen atoms in total. The minimum absolute atomic E-state index is 0.181. The number of nitrogens with zero attached hydrogens (tertiary/aromatic N) is 2. The van der Waals surface area contributed by atoms with E-state index in [0.717, 1.165) is 58.4 Å². The van der Waals surface area contributed by atoms with Crippen molar-refractivity contribution in [1.29, 1.82) is 0 Å². The van der Waals surface area contributed by atoms with Crippen molar-refractivity contribution < 1.29 is 9.59 Å². The Balaban J connectivity index is 1.30. The molecule has 0 aliphatic carbocycles. The second-order valence-corrected chi connectivity index (χ2v) is 8.17. The van der Waals surface area contributed by atoms with Crippen molar-refractivity contribution in [3.8, 4) is 0 Å². The SMILES string of the molecule is CNCC(=O)N1CCC(CCC(=O)NC2CCN(Cc3ccccc3)C2)CC1. The number of carbonyl (C=O) groups is 2. The molecule has 2 aliphatic rings. The van der Waals surface area contributed by atoms with Crippen molar-refractivity contribution in [3.05, 3.63) is 35.9 Å². The summed E-state index contributed by atoms with van der Waals surface area (Å²) in [5, 5.41) is 6.14. The Labute approximate surface area is 168 Å². The van der Waals surface area contributed by atoms with Crippen molar-refractivity contribution in [2.45, 2.75) is 44.7 Å². The van der Waals surface area contributed by atoms with Crippen LogP contribution in [-0.4, -0.2) is 67.4 Å². The summed E-state index contributed by atoms with van der Waals surface area (Å²) in [5.41, 5.74) is 1.33. The van der Waals surface area contributed by atoms with Crippen molar-refractivity contribution in [2.24, 2.45) is 5.92 Å². The van der Waals surface area contributed by atoms with Gasteiger partial charge < -0.3 is 15.5 Å². The molecule has 0 bridgehead atoms. The molecule has 6 heteroatoms. The van der Waals surface area contributed by atoms with Crippen LogP contribution in [0.2, 0.25) is 0 Å². The summed E-state index contributed by atoms with van der Waals surface area (Å²) in [5.74, 6) is 0.919. The normalized spacial score (nSPS) is 21.0. The van der Waals surface area contributed by atoms with E-state index in [4.69, 9.17) is 0 Å². The quantitative estimate of drug-likeness (QED) is 0.713. The highest BCUT2D eigenvalue weighted by molar-refractivity contribution is 5.78. The van der Waals surface area contributed by atoms with Crippen LogP contribution in [0.4, 0.5) is 0 Å². The van der Waals surface area contributed by atoms with Crippen LogP contribution < -0.4 is 10.6 Å². The van der Waals surface area contributed by atoms with Gasteiger partial charge in [0.1, 0.15) is 0 Å². The van der Waals surface area contributed by atoms with Crippen LogP contribution in [0.5, 0.6) is 0 Å². The minimum Gasteiger partial charge on any atom is -0.352 e. The number of likely N-dealkylation sites (tertiary alicyclic amines) is 2. The van der Waals surface area contributed by atoms with Crippen LogP contribution in [0.1, 0.15) is 37.7 Å². The van der Waals surface area contributed by atoms with Gasteiger partial charge in [-0.05, 0) is 44.2 Å². The van der Waals surface area contributed by atoms with Gasteiger partial charge in [0, 0.05) is 45.2 Å². The van der Waals surface area contributed by atoms with E-state index in [9.17, 15) is 9.59 Å². The molecule has 0 aromatic heterocycles. The fraction of sp³-hybridized carbons (Fsp3) is 0.636. The maximum Gasteiger partial charge on any atom is 0.236 e. The molecule has 28 heavy (non-hydrogen) atoms. The third-order valence-corrected chi connectivity index (χ3v) is 5.96. The van der Waals surface area contributed by atoms with Gasteiger partial charge in [-0.15, -0.1) is 0 Å². The van der Waals surface area contributed by atoms with Gasteiger partial charge in [-0.25, -0.2) is 0 Å². The lowest BCUT2D eigenvalue weighted by atomic mass is 9.92. The largest absolute Gasteiger partial charge is 0.352 e. The topological polar surface area (TPSA) is 64.7 Å². The van der Waals surface area contributed by atoms with E-state index in [2.05, 4.69) is 39.8 Å². The van der Waals surface area contributed by atoms with Crippen LogP contribution in [0.3, 0.4) is 0 Å². The predicted octanol–water partition coefficient (Wildman–Crippen LogP) is 1.62. The molecular weight excluding hydrogens is 352 g/mol. The molecule has 1 aromatic rings. The molecule has 0 radical (unpaired) electrons. The van der Waals surface area contributed by atoms with E-state index in [1.807, 2.05) is 11.0 Å². The van der Waals surface area contributed by atoms with Crippen LogP contribution >= 0.6 is 0 Å². The number of nitrogens with one attached hydrogen (secondary N) is 2. The van der Waals surface area contributed by atoms with E-state index in [0.29, 0.717) is 18.9 Å². The summed E-state index contributed by atoms with van der Waals surface area (Å²) in [4.78, 5) is 28.6. The zero-order valence-electron chi connectivity index (χ0n) is 17.0. The number of rotatable bonds is 8. The van der Waals surface area contributed by atoms with E-state index >= 15 is 0 Å². The second kappa shape index (κ2) is 10.6. The molecule has 2 saturated heterocycles. The van der Waals surface area contributed by atoms with E-state index in [1.54, 1.807) is 7.05 Å². The number of amides is 2. The molecule has 2 amide bonds. The zero-order chi connectivity index (χ0) is 19.8. The molecule has 154 valence electrons. The molecule has 2 aliphatic heterocycles. The van der Waals surface area contributed by atoms with Gasteiger partial charge in [0.05, 0.1) is 6.54 Å². The summed E-state index contributed by atoms with van der Waals surface area (Å²) in [7, 11) is 1.80. The molecule has 1 aromatic carbocycles. The van der Waals surface area contributed by atoms with Crippen molar-refractivity contribution in [1.82, 2.24) is 20.4 Å². The number of hydrogen-bond donors (Lipinski definition) is 2. The molecule has 3 rings (SSSR count). The summed E-state index contributed by atoms with van der Waals surface area (Å²) < 4.78 is 0. The van der Waals surface area contributed by atoms with Crippen LogP contribution in [0.25, 0.3) is 0 Å². The van der Waals surface area contributed by atoms with Gasteiger partial charge in [0.15, 0.2) is 0 Å². The highest BCUT2D eigenvalue weighted by atomic mass is 16.2. The summed E-state index contributed by atoms with van der Waals surface area (Å²) in [6.07, 6.45) is 4.59. The number of carbonyl (C=O) groups excluding carboxylic acids is 2. The van der Waals surface area contributed by atoms with Gasteiger partial charge in [-0.1, -0.05) is 30.3 Å². The van der Waals surface area contributed by atoms with Gasteiger partial charge in [-0.2, -0.15) is 0 Å². The van der Waals surface area contributed by atoms with Gasteiger partial charge in [0.25, 0.3) is 0 Å². The Bertz CT molecular complexity index is 629. The molecule has 0 spiro atoms. The van der Waals surface area contributed by atoms with Gasteiger partial charge in [0.2, 0.25) is 11.8 Å². The Morgan fingerprint density at radius 1 is 1.07 bits per heavy atom. The van der Waals surface area contributed by atoms with E-state index in [1.165, 1.54) is 5.56 Å². The standard InChI is InChI=1S/C22H34N4O2/c1-23-15-22(28)26-13-9-18(10-14-26)7-8-21(27)24-20-11-12-25(17-20)16-19-5-3-2-4-6-19/h2-6,18,20,23H,7-17H2,1H3,(H,24,27). The number of likely N-dealkylation sites (N-methyl/N-ethyl adjacent to an activating group) is 1. The molecule has 2 heterocycles. The third-order valence-electron chi connectivity index (χ3n) is 5.96. The number of piperidine rings is 1. The minimum atomic E-state index is 0.181. The highest BCUT2D eigenvalue weighted by Gasteiger charge is 2.25. The van der Waals surface area contributed by atoms with E-state index in [-0.39, 0.29) is 17.9 Å². The lowest BCUT2D eigenvalue weighted by Gasteiger charge is -2.32. The molecule has 0 saturated carbocycles. The monoisotopic (exact) mass is 386 g/mol. The average Bonchev–Trinajstić information content (AvgIpc) is 3.14. The third kappa shape index (κ3) is 6.31. The van der Waals surface area contributed by atoms with Gasteiger partial charge >= 0.3 is 0 Å². The molecule has 1 unspecified atom stereocenters. The van der Waals surface area contributed by atoms with Crippen molar-refractivity contribution >= 4 is 11.8 Å². The summed E-state index contributed by atoms with van der Waals surface area (Å²) >= 11 is 0. The fourth-order valence-corrected chi connectivity index (χ4v) is 4.30. The lowest BCUT2D eigenvalue weighted by molar-refractivity contribution is -0.131. The van der Waals surface area contributed by atoms with E-state index < -0.39 is 0 Å². The molecule has 2 N–H and O–H groups in total. The number of benzene rings is 1.